The van der Waals surface area contributed by atoms with Crippen LogP contribution in [0.25, 0.3) is 10.9 Å². The standard InChI is InChI=1S/C29H29ClN4O3/c1-4-5-9-20-10-13-23(14-11-20)31-28(36)29(37)33-34-24-15-12-22(30)16-21(24)17-25(34)27(35)32-26-18(2)7-6-8-19(26)3/h6-8,10-17H,4-5,9H2,1-3H3,(H,31,36)(H,32,35)(H,33,37). The molecule has 8 heteroatoms. The van der Waals surface area contributed by atoms with Gasteiger partial charge in [-0.05, 0) is 79.8 Å². The molecule has 1 heterocycles. The molecule has 0 atom stereocenters. The van der Waals surface area contributed by atoms with Crippen LogP contribution in [0, 0.1) is 13.8 Å². The number of para-hydroxylation sites is 1. The van der Waals surface area contributed by atoms with E-state index in [9.17, 15) is 14.4 Å². The first-order valence-electron chi connectivity index (χ1n) is 12.2. The van der Waals surface area contributed by atoms with Gasteiger partial charge < -0.3 is 10.6 Å². The Morgan fingerprint density at radius 3 is 2.24 bits per heavy atom. The van der Waals surface area contributed by atoms with Crippen LogP contribution in [-0.4, -0.2) is 22.4 Å². The van der Waals surface area contributed by atoms with Crippen molar-refractivity contribution in [3.8, 4) is 0 Å². The van der Waals surface area contributed by atoms with Crippen molar-refractivity contribution < 1.29 is 14.4 Å². The Bertz CT molecular complexity index is 1450. The lowest BCUT2D eigenvalue weighted by atomic mass is 10.1. The molecule has 0 bridgehead atoms. The number of amides is 3. The van der Waals surface area contributed by atoms with E-state index >= 15 is 0 Å². The summed E-state index contributed by atoms with van der Waals surface area (Å²) in [6.45, 7) is 5.94. The van der Waals surface area contributed by atoms with Crippen LogP contribution >= 0.6 is 11.6 Å². The van der Waals surface area contributed by atoms with Crippen LogP contribution in [0.1, 0.15) is 46.9 Å². The Hall–Kier alpha value is -4.10. The molecule has 1 aromatic heterocycles. The third-order valence-corrected chi connectivity index (χ3v) is 6.40. The Kier molecular flexibility index (Phi) is 7.94. The summed E-state index contributed by atoms with van der Waals surface area (Å²) < 4.78 is 1.31. The van der Waals surface area contributed by atoms with Gasteiger partial charge in [0.1, 0.15) is 5.69 Å². The van der Waals surface area contributed by atoms with E-state index in [2.05, 4.69) is 23.0 Å². The zero-order valence-electron chi connectivity index (χ0n) is 21.0. The van der Waals surface area contributed by atoms with Gasteiger partial charge in [-0.2, -0.15) is 0 Å². The maximum Gasteiger partial charge on any atom is 0.328 e. The molecule has 37 heavy (non-hydrogen) atoms. The molecule has 0 aliphatic carbocycles. The molecule has 7 nitrogen and oxygen atoms in total. The van der Waals surface area contributed by atoms with Crippen LogP contribution in [0.3, 0.4) is 0 Å². The molecule has 0 radical (unpaired) electrons. The number of halogens is 1. The predicted molar refractivity (Wildman–Crippen MR) is 149 cm³/mol. The molecule has 0 aliphatic heterocycles. The highest BCUT2D eigenvalue weighted by molar-refractivity contribution is 6.42. The average Bonchev–Trinajstić information content (AvgIpc) is 3.23. The van der Waals surface area contributed by atoms with Crippen molar-refractivity contribution in [2.24, 2.45) is 0 Å². The third-order valence-electron chi connectivity index (χ3n) is 6.17. The van der Waals surface area contributed by atoms with Crippen molar-refractivity contribution in [2.75, 3.05) is 16.1 Å². The summed E-state index contributed by atoms with van der Waals surface area (Å²) in [5, 5.41) is 6.67. The zero-order valence-corrected chi connectivity index (χ0v) is 21.8. The van der Waals surface area contributed by atoms with Gasteiger partial charge in [-0.1, -0.05) is 55.3 Å². The van der Waals surface area contributed by atoms with E-state index in [1.807, 2.05) is 44.2 Å². The van der Waals surface area contributed by atoms with Crippen LogP contribution in [0.4, 0.5) is 11.4 Å². The lowest BCUT2D eigenvalue weighted by Gasteiger charge is -2.15. The van der Waals surface area contributed by atoms with Crippen molar-refractivity contribution in [2.45, 2.75) is 40.0 Å². The number of aromatic nitrogens is 1. The highest BCUT2D eigenvalue weighted by atomic mass is 35.5. The van der Waals surface area contributed by atoms with Gasteiger partial charge in [0.05, 0.1) is 5.52 Å². The summed E-state index contributed by atoms with van der Waals surface area (Å²) in [5.74, 6) is -2.20. The molecular weight excluding hydrogens is 488 g/mol. The van der Waals surface area contributed by atoms with Crippen LogP contribution < -0.4 is 16.1 Å². The lowest BCUT2D eigenvalue weighted by Crippen LogP contribution is -2.36. The SMILES string of the molecule is CCCCc1ccc(NC(=O)C(=O)Nn2c(C(=O)Nc3c(C)cccc3C)cc3cc(Cl)ccc32)cc1. The number of carbonyl (C=O) groups is 3. The van der Waals surface area contributed by atoms with Crippen LogP contribution in [-0.2, 0) is 16.0 Å². The molecule has 3 amide bonds. The van der Waals surface area contributed by atoms with E-state index in [4.69, 9.17) is 11.6 Å². The number of hydrogen-bond acceptors (Lipinski definition) is 3. The number of rotatable bonds is 7. The minimum Gasteiger partial charge on any atom is -0.320 e. The maximum absolute atomic E-state index is 13.3. The Morgan fingerprint density at radius 2 is 1.57 bits per heavy atom. The second-order valence-corrected chi connectivity index (χ2v) is 9.42. The van der Waals surface area contributed by atoms with Gasteiger partial charge in [0.25, 0.3) is 5.91 Å². The fraction of sp³-hybridized carbons (Fsp3) is 0.207. The first kappa shape index (κ1) is 26.0. The largest absolute Gasteiger partial charge is 0.328 e. The molecule has 0 saturated carbocycles. The van der Waals surface area contributed by atoms with E-state index in [1.54, 1.807) is 36.4 Å². The van der Waals surface area contributed by atoms with Crippen LogP contribution in [0.2, 0.25) is 5.02 Å². The van der Waals surface area contributed by atoms with E-state index in [-0.39, 0.29) is 5.69 Å². The minimum absolute atomic E-state index is 0.154. The monoisotopic (exact) mass is 516 g/mol. The average molecular weight is 517 g/mol. The Morgan fingerprint density at radius 1 is 0.865 bits per heavy atom. The van der Waals surface area contributed by atoms with Crippen LogP contribution in [0.15, 0.2) is 66.7 Å². The van der Waals surface area contributed by atoms with Crippen molar-refractivity contribution in [1.82, 2.24) is 4.68 Å². The fourth-order valence-corrected chi connectivity index (χ4v) is 4.32. The summed E-state index contributed by atoms with van der Waals surface area (Å²) in [4.78, 5) is 38.9. The summed E-state index contributed by atoms with van der Waals surface area (Å²) in [5.41, 5.74) is 7.43. The van der Waals surface area contributed by atoms with Crippen LogP contribution in [0.5, 0.6) is 0 Å². The summed E-state index contributed by atoms with van der Waals surface area (Å²) in [7, 11) is 0. The summed E-state index contributed by atoms with van der Waals surface area (Å²) in [6, 6.07) is 19.8. The molecule has 0 spiro atoms. The number of carbonyl (C=O) groups excluding carboxylic acids is 3. The van der Waals surface area contributed by atoms with Gasteiger partial charge in [-0.25, -0.2) is 4.68 Å². The van der Waals surface area contributed by atoms with E-state index in [1.165, 1.54) is 10.2 Å². The lowest BCUT2D eigenvalue weighted by molar-refractivity contribution is -0.133. The Balaban J connectivity index is 1.57. The highest BCUT2D eigenvalue weighted by Gasteiger charge is 2.22. The van der Waals surface area contributed by atoms with Crippen molar-refractivity contribution in [1.29, 1.82) is 0 Å². The van der Waals surface area contributed by atoms with E-state index in [0.29, 0.717) is 27.3 Å². The smallest absolute Gasteiger partial charge is 0.320 e. The number of fused-ring (bicyclic) bond motifs is 1. The van der Waals surface area contributed by atoms with Crippen molar-refractivity contribution >= 4 is 51.6 Å². The number of anilines is 2. The molecule has 190 valence electrons. The highest BCUT2D eigenvalue weighted by Crippen LogP contribution is 2.25. The molecule has 0 unspecified atom stereocenters. The van der Waals surface area contributed by atoms with Gasteiger partial charge in [0, 0.05) is 21.8 Å². The summed E-state index contributed by atoms with van der Waals surface area (Å²) >= 11 is 6.16. The number of benzene rings is 3. The van der Waals surface area contributed by atoms with E-state index in [0.717, 1.165) is 30.4 Å². The number of nitrogens with zero attached hydrogens (tertiary/aromatic N) is 1. The normalized spacial score (nSPS) is 10.8. The van der Waals surface area contributed by atoms with Gasteiger partial charge in [0.2, 0.25) is 0 Å². The first-order valence-corrected chi connectivity index (χ1v) is 12.5. The molecule has 4 rings (SSSR count). The van der Waals surface area contributed by atoms with E-state index < -0.39 is 17.7 Å². The number of unbranched alkanes of at least 4 members (excludes halogenated alkanes) is 1. The van der Waals surface area contributed by atoms with Gasteiger partial charge in [-0.3, -0.25) is 19.8 Å². The first-order chi connectivity index (χ1) is 17.8. The Labute approximate surface area is 220 Å². The number of hydrogen-bond donors (Lipinski definition) is 3. The van der Waals surface area contributed by atoms with Crippen molar-refractivity contribution in [3.05, 3.63) is 94.1 Å². The number of aryl methyl sites for hydroxylation is 3. The van der Waals surface area contributed by atoms with Crippen molar-refractivity contribution in [3.63, 3.8) is 0 Å². The third kappa shape index (κ3) is 6.01. The molecular formula is C29H29ClN4O3. The minimum atomic E-state index is -0.913. The topological polar surface area (TPSA) is 92.2 Å². The maximum atomic E-state index is 13.3. The molecule has 4 aromatic rings. The molecule has 0 fully saturated rings. The second-order valence-electron chi connectivity index (χ2n) is 8.98. The molecule has 0 aliphatic rings. The number of nitrogens with one attached hydrogen (secondary N) is 3. The second kappa shape index (κ2) is 11.3. The quantitative estimate of drug-likeness (QED) is 0.255. The van der Waals surface area contributed by atoms with Gasteiger partial charge in [-0.15, -0.1) is 0 Å². The molecule has 0 saturated heterocycles. The molecule has 3 aromatic carbocycles. The fourth-order valence-electron chi connectivity index (χ4n) is 4.14. The molecule has 3 N–H and O–H groups in total. The van der Waals surface area contributed by atoms with Gasteiger partial charge >= 0.3 is 11.8 Å². The predicted octanol–water partition coefficient (Wildman–Crippen LogP) is 6.22. The van der Waals surface area contributed by atoms with Gasteiger partial charge in [0.15, 0.2) is 0 Å². The zero-order chi connectivity index (χ0) is 26.5. The summed E-state index contributed by atoms with van der Waals surface area (Å²) in [6.07, 6.45) is 3.15.